The number of piperazine rings is 1. The first-order valence-electron chi connectivity index (χ1n) is 11.7. The third-order valence-corrected chi connectivity index (χ3v) is 7.69. The van der Waals surface area contributed by atoms with Crippen LogP contribution in [0.2, 0.25) is 10.0 Å². The van der Waals surface area contributed by atoms with Gasteiger partial charge in [0.25, 0.3) is 5.91 Å². The van der Waals surface area contributed by atoms with Gasteiger partial charge >= 0.3 is 0 Å². The molecule has 178 valence electrons. The van der Waals surface area contributed by atoms with Crippen molar-refractivity contribution in [2.24, 2.45) is 0 Å². The van der Waals surface area contributed by atoms with Crippen molar-refractivity contribution in [3.63, 3.8) is 0 Å². The van der Waals surface area contributed by atoms with E-state index in [1.807, 2.05) is 12.1 Å². The summed E-state index contributed by atoms with van der Waals surface area (Å²) in [7, 11) is 1.61. The number of rotatable bonds is 5. The molecular formula is C25H33Cl2N5O. The van der Waals surface area contributed by atoms with Crippen molar-refractivity contribution < 1.29 is 4.79 Å². The van der Waals surface area contributed by atoms with Crippen molar-refractivity contribution in [2.75, 3.05) is 44.7 Å². The van der Waals surface area contributed by atoms with Crippen LogP contribution in [0.25, 0.3) is 0 Å². The van der Waals surface area contributed by atoms with E-state index < -0.39 is 0 Å². The lowest BCUT2D eigenvalue weighted by atomic mass is 9.97. The molecule has 0 radical (unpaired) electrons. The molecule has 2 fully saturated rings. The molecule has 0 spiro atoms. The number of amides is 1. The molecular weight excluding hydrogens is 457 g/mol. The lowest BCUT2D eigenvalue weighted by molar-refractivity contribution is 0.0583. The Labute approximate surface area is 206 Å². The topological polar surface area (TPSA) is 51.7 Å². The van der Waals surface area contributed by atoms with E-state index >= 15 is 0 Å². The highest BCUT2D eigenvalue weighted by Crippen LogP contribution is 2.30. The molecule has 0 bridgehead atoms. The molecule has 1 N–H and O–H groups in total. The summed E-state index contributed by atoms with van der Waals surface area (Å²) in [6.07, 6.45) is 3.97. The molecule has 33 heavy (non-hydrogen) atoms. The van der Waals surface area contributed by atoms with Crippen LogP contribution in [0.1, 0.15) is 48.7 Å². The van der Waals surface area contributed by atoms with Gasteiger partial charge in [0, 0.05) is 69.1 Å². The van der Waals surface area contributed by atoms with E-state index in [4.69, 9.17) is 23.2 Å². The Morgan fingerprint density at radius 3 is 2.42 bits per heavy atom. The van der Waals surface area contributed by atoms with Crippen LogP contribution in [0, 0.1) is 0 Å². The Bertz CT molecular complexity index is 962. The molecule has 6 nitrogen and oxygen atoms in total. The van der Waals surface area contributed by atoms with E-state index in [0.29, 0.717) is 28.7 Å². The maximum atomic E-state index is 11.8. The molecule has 0 saturated carbocycles. The van der Waals surface area contributed by atoms with Gasteiger partial charge in [0.1, 0.15) is 5.82 Å². The third kappa shape index (κ3) is 5.46. The van der Waals surface area contributed by atoms with E-state index in [1.54, 1.807) is 19.3 Å². The van der Waals surface area contributed by atoms with Gasteiger partial charge in [0.05, 0.1) is 10.6 Å². The first kappa shape index (κ1) is 24.3. The fourth-order valence-corrected chi connectivity index (χ4v) is 5.61. The van der Waals surface area contributed by atoms with Crippen LogP contribution < -0.4 is 10.2 Å². The van der Waals surface area contributed by atoms with Gasteiger partial charge in [-0.05, 0) is 50.5 Å². The van der Waals surface area contributed by atoms with Gasteiger partial charge in [0.15, 0.2) is 0 Å². The van der Waals surface area contributed by atoms with Crippen LogP contribution in [-0.4, -0.2) is 72.5 Å². The van der Waals surface area contributed by atoms with Gasteiger partial charge in [-0.1, -0.05) is 35.3 Å². The Hall–Kier alpha value is -1.86. The number of anilines is 1. The number of benzene rings is 1. The minimum atomic E-state index is -0.175. The Balaban J connectivity index is 1.33. The van der Waals surface area contributed by atoms with Crippen LogP contribution in [0.3, 0.4) is 0 Å². The quantitative estimate of drug-likeness (QED) is 0.670. The van der Waals surface area contributed by atoms with E-state index in [9.17, 15) is 4.79 Å². The number of piperidine rings is 1. The largest absolute Gasteiger partial charge is 0.355 e. The summed E-state index contributed by atoms with van der Waals surface area (Å²) in [6, 6.07) is 11.4. The number of halogens is 2. The number of nitrogens with one attached hydrogen (secondary N) is 1. The Kier molecular flexibility index (Phi) is 7.80. The average Bonchev–Trinajstić information content (AvgIpc) is 2.83. The minimum absolute atomic E-state index is 0.175. The molecule has 2 saturated heterocycles. The normalized spacial score (nSPS) is 21.7. The summed E-state index contributed by atoms with van der Waals surface area (Å²) in [4.78, 5) is 23.8. The second kappa shape index (κ2) is 10.6. The number of likely N-dealkylation sites (tertiary alicyclic amines) is 1. The fourth-order valence-electron chi connectivity index (χ4n) is 5.20. The second-order valence-electron chi connectivity index (χ2n) is 9.14. The Morgan fingerprint density at radius 1 is 1.12 bits per heavy atom. The zero-order valence-corrected chi connectivity index (χ0v) is 21.1. The summed E-state index contributed by atoms with van der Waals surface area (Å²) in [6.45, 7) is 9.56. The van der Waals surface area contributed by atoms with Gasteiger partial charge < -0.3 is 10.2 Å². The summed E-state index contributed by atoms with van der Waals surface area (Å²) >= 11 is 12.5. The highest BCUT2D eigenvalue weighted by Gasteiger charge is 2.33. The van der Waals surface area contributed by atoms with E-state index in [-0.39, 0.29) is 5.91 Å². The smallest absolute Gasteiger partial charge is 0.252 e. The maximum Gasteiger partial charge on any atom is 0.252 e. The number of nitrogens with zero attached hydrogens (tertiary/aromatic N) is 4. The molecule has 2 aliphatic heterocycles. The van der Waals surface area contributed by atoms with Crippen LogP contribution >= 0.6 is 23.2 Å². The highest BCUT2D eigenvalue weighted by molar-refractivity contribution is 6.33. The van der Waals surface area contributed by atoms with Crippen molar-refractivity contribution in [3.8, 4) is 0 Å². The lowest BCUT2D eigenvalue weighted by Gasteiger charge is -2.47. The van der Waals surface area contributed by atoms with Crippen molar-refractivity contribution in [2.45, 2.75) is 44.8 Å². The van der Waals surface area contributed by atoms with E-state index in [1.165, 1.54) is 18.4 Å². The van der Waals surface area contributed by atoms with Gasteiger partial charge in [-0.2, -0.15) is 0 Å². The lowest BCUT2D eigenvalue weighted by Crippen LogP contribution is -2.57. The predicted molar refractivity (Wildman–Crippen MR) is 135 cm³/mol. The number of hydrogen-bond acceptors (Lipinski definition) is 5. The third-order valence-electron chi connectivity index (χ3n) is 7.16. The highest BCUT2D eigenvalue weighted by atomic mass is 35.5. The molecule has 4 rings (SSSR count). The fraction of sp³-hybridized carbons (Fsp3) is 0.520. The van der Waals surface area contributed by atoms with Crippen LogP contribution in [0.5, 0.6) is 0 Å². The summed E-state index contributed by atoms with van der Waals surface area (Å²) in [5.74, 6) is 0.591. The van der Waals surface area contributed by atoms with Crippen molar-refractivity contribution in [1.29, 1.82) is 0 Å². The summed E-state index contributed by atoms with van der Waals surface area (Å²) < 4.78 is 0. The first-order valence-corrected chi connectivity index (χ1v) is 12.5. The molecule has 1 amide bonds. The zero-order chi connectivity index (χ0) is 23.5. The second-order valence-corrected chi connectivity index (χ2v) is 9.98. The molecule has 1 aromatic heterocycles. The first-order chi connectivity index (χ1) is 15.9. The van der Waals surface area contributed by atoms with Crippen molar-refractivity contribution in [3.05, 3.63) is 57.7 Å². The van der Waals surface area contributed by atoms with Gasteiger partial charge in [-0.25, -0.2) is 4.98 Å². The minimum Gasteiger partial charge on any atom is -0.355 e. The standard InChI is InChI=1S/C25H33Cl2N5O/c1-17-16-31(24-23(27)14-20(15-29-24)25(33)28-3)12-13-32(17)22-8-10-30(11-9-22)18(2)19-4-6-21(26)7-5-19/h4-7,14-15,17-18,22H,8-13,16H2,1-3H3,(H,28,33)/t17-,18+/m0/s1. The molecule has 2 aromatic rings. The van der Waals surface area contributed by atoms with Gasteiger partial charge in [-0.15, -0.1) is 0 Å². The molecule has 8 heteroatoms. The SMILES string of the molecule is CNC(=O)c1cnc(N2CCN(C3CCN([C@H](C)c4ccc(Cl)cc4)CC3)[C@@H](C)C2)c(Cl)c1. The molecule has 1 aromatic carbocycles. The molecule has 2 aliphatic rings. The van der Waals surface area contributed by atoms with Gasteiger partial charge in [0.2, 0.25) is 0 Å². The van der Waals surface area contributed by atoms with Crippen LogP contribution in [-0.2, 0) is 0 Å². The number of pyridine rings is 1. The molecule has 0 unspecified atom stereocenters. The monoisotopic (exact) mass is 489 g/mol. The maximum absolute atomic E-state index is 11.8. The molecule has 0 aliphatic carbocycles. The van der Waals surface area contributed by atoms with E-state index in [2.05, 4.69) is 51.0 Å². The summed E-state index contributed by atoms with van der Waals surface area (Å²) in [5, 5.41) is 3.93. The number of hydrogen-bond donors (Lipinski definition) is 1. The predicted octanol–water partition coefficient (Wildman–Crippen LogP) is 4.48. The van der Waals surface area contributed by atoms with E-state index in [0.717, 1.165) is 43.6 Å². The zero-order valence-electron chi connectivity index (χ0n) is 19.6. The average molecular weight is 490 g/mol. The number of carbonyl (C=O) groups excluding carboxylic acids is 1. The van der Waals surface area contributed by atoms with Crippen LogP contribution in [0.4, 0.5) is 5.82 Å². The van der Waals surface area contributed by atoms with Crippen LogP contribution in [0.15, 0.2) is 36.5 Å². The van der Waals surface area contributed by atoms with Crippen molar-refractivity contribution in [1.82, 2.24) is 20.1 Å². The van der Waals surface area contributed by atoms with Gasteiger partial charge in [-0.3, -0.25) is 14.6 Å². The summed E-state index contributed by atoms with van der Waals surface area (Å²) in [5.41, 5.74) is 1.81. The number of aromatic nitrogens is 1. The molecule has 2 atom stereocenters. The Morgan fingerprint density at radius 2 is 1.82 bits per heavy atom. The van der Waals surface area contributed by atoms with Crippen molar-refractivity contribution >= 4 is 34.9 Å². The molecule has 3 heterocycles. The number of carbonyl (C=O) groups is 1.